The van der Waals surface area contributed by atoms with E-state index in [1.165, 1.54) is 38.5 Å². The summed E-state index contributed by atoms with van der Waals surface area (Å²) < 4.78 is 88.7. The molecule has 27 heavy (non-hydrogen) atoms. The molecule has 1 N–H and O–H groups in total. The highest BCUT2D eigenvalue weighted by atomic mass is 32.2. The topological polar surface area (TPSA) is 64.6 Å². The van der Waals surface area contributed by atoms with Crippen LogP contribution in [-0.2, 0) is 10.0 Å². The number of methoxy groups -OCH3 is 2. The lowest BCUT2D eigenvalue weighted by Gasteiger charge is -2.15. The first-order chi connectivity index (χ1) is 12.6. The third-order valence-electron chi connectivity index (χ3n) is 3.25. The van der Waals surface area contributed by atoms with Gasteiger partial charge in [0.1, 0.15) is 10.7 Å². The molecular formula is C16H15F4NO4S2. The van der Waals surface area contributed by atoms with E-state index in [1.807, 2.05) is 0 Å². The van der Waals surface area contributed by atoms with Crippen molar-refractivity contribution in [1.82, 2.24) is 0 Å². The lowest BCUT2D eigenvalue weighted by molar-refractivity contribution is -0.105. The van der Waals surface area contributed by atoms with Crippen LogP contribution in [0.5, 0.6) is 11.5 Å². The molecule has 0 aromatic heterocycles. The molecule has 0 aliphatic carbocycles. The summed E-state index contributed by atoms with van der Waals surface area (Å²) in [5.41, 5.74) is -0.0964. The van der Waals surface area contributed by atoms with Gasteiger partial charge in [-0.15, -0.1) is 11.8 Å². The third-order valence-corrected chi connectivity index (χ3v) is 5.77. The first-order valence-corrected chi connectivity index (χ1v) is 9.77. The number of alkyl halides is 3. The van der Waals surface area contributed by atoms with Crippen molar-refractivity contribution in [3.63, 3.8) is 0 Å². The van der Waals surface area contributed by atoms with Crippen LogP contribution in [0.15, 0.2) is 46.2 Å². The lowest BCUT2D eigenvalue weighted by Crippen LogP contribution is -2.16. The second-order valence-electron chi connectivity index (χ2n) is 5.14. The van der Waals surface area contributed by atoms with Crippen LogP contribution in [0, 0.1) is 5.82 Å². The Morgan fingerprint density at radius 3 is 2.26 bits per heavy atom. The van der Waals surface area contributed by atoms with Gasteiger partial charge in [-0.25, -0.2) is 12.8 Å². The van der Waals surface area contributed by atoms with Gasteiger partial charge in [-0.1, -0.05) is 12.1 Å². The minimum atomic E-state index is -4.43. The highest BCUT2D eigenvalue weighted by molar-refractivity contribution is 7.99. The summed E-state index contributed by atoms with van der Waals surface area (Å²) in [7, 11) is -1.92. The molecule has 2 aromatic rings. The summed E-state index contributed by atoms with van der Waals surface area (Å²) in [5, 5.41) is 0. The summed E-state index contributed by atoms with van der Waals surface area (Å²) in [6, 6.07) is 7.31. The van der Waals surface area contributed by atoms with E-state index >= 15 is 0 Å². The van der Waals surface area contributed by atoms with Crippen molar-refractivity contribution in [2.45, 2.75) is 16.0 Å². The predicted octanol–water partition coefficient (Wildman–Crippen LogP) is 4.30. The molecule has 0 unspecified atom stereocenters. The average molecular weight is 425 g/mol. The molecule has 0 amide bonds. The van der Waals surface area contributed by atoms with Crippen molar-refractivity contribution in [2.24, 2.45) is 0 Å². The molecule has 5 nitrogen and oxygen atoms in total. The Hall–Kier alpha value is -2.14. The maximum Gasteiger partial charge on any atom is 0.398 e. The van der Waals surface area contributed by atoms with Crippen LogP contribution in [0.2, 0.25) is 0 Å². The molecule has 0 heterocycles. The molecule has 2 aromatic carbocycles. The second kappa shape index (κ2) is 8.26. The van der Waals surface area contributed by atoms with Crippen molar-refractivity contribution in [3.05, 3.63) is 42.2 Å². The monoisotopic (exact) mass is 425 g/mol. The molecule has 148 valence electrons. The van der Waals surface area contributed by atoms with Gasteiger partial charge in [0.25, 0.3) is 10.0 Å². The Balaban J connectivity index is 2.38. The van der Waals surface area contributed by atoms with Gasteiger partial charge in [0.05, 0.1) is 25.7 Å². The summed E-state index contributed by atoms with van der Waals surface area (Å²) in [6.45, 7) is 0. The lowest BCUT2D eigenvalue weighted by atomic mass is 10.3. The number of ether oxygens (including phenoxy) is 2. The van der Waals surface area contributed by atoms with Gasteiger partial charge in [0, 0.05) is 17.0 Å². The first kappa shape index (κ1) is 21.2. The number of hydrogen-bond donors (Lipinski definition) is 1. The van der Waals surface area contributed by atoms with E-state index < -0.39 is 32.7 Å². The normalized spacial score (nSPS) is 11.9. The smallest absolute Gasteiger partial charge is 0.398 e. The van der Waals surface area contributed by atoms with Crippen LogP contribution >= 0.6 is 11.8 Å². The van der Waals surface area contributed by atoms with Gasteiger partial charge in [-0.05, 0) is 12.1 Å². The highest BCUT2D eigenvalue weighted by Gasteiger charge is 2.28. The van der Waals surface area contributed by atoms with Crippen molar-refractivity contribution in [2.75, 3.05) is 24.7 Å². The Morgan fingerprint density at radius 2 is 1.67 bits per heavy atom. The average Bonchev–Trinajstić information content (AvgIpc) is 2.59. The zero-order chi connectivity index (χ0) is 20.2. The van der Waals surface area contributed by atoms with Crippen molar-refractivity contribution < 1.29 is 35.5 Å². The fourth-order valence-electron chi connectivity index (χ4n) is 2.08. The predicted molar refractivity (Wildman–Crippen MR) is 93.5 cm³/mol. The van der Waals surface area contributed by atoms with E-state index in [0.29, 0.717) is 11.8 Å². The summed E-state index contributed by atoms with van der Waals surface area (Å²) in [4.78, 5) is -0.671. The molecule has 0 spiro atoms. The summed E-state index contributed by atoms with van der Waals surface area (Å²) in [6.07, 6.45) is -4.42. The SMILES string of the molecule is COc1cc(F)c(S(=O)(=O)Nc2ccccc2SCC(F)(F)F)cc1OC. The molecule has 0 atom stereocenters. The fraction of sp³-hybridized carbons (Fsp3) is 0.250. The van der Waals surface area contributed by atoms with Crippen LogP contribution in [-0.4, -0.2) is 34.6 Å². The van der Waals surface area contributed by atoms with Gasteiger partial charge in [-0.3, -0.25) is 4.72 Å². The molecular weight excluding hydrogens is 410 g/mol. The van der Waals surface area contributed by atoms with E-state index in [0.717, 1.165) is 12.1 Å². The molecule has 0 radical (unpaired) electrons. The van der Waals surface area contributed by atoms with Crippen LogP contribution in [0.3, 0.4) is 0 Å². The zero-order valence-electron chi connectivity index (χ0n) is 14.1. The number of anilines is 1. The van der Waals surface area contributed by atoms with Crippen LogP contribution < -0.4 is 14.2 Å². The van der Waals surface area contributed by atoms with E-state index in [2.05, 4.69) is 4.72 Å². The number of nitrogens with one attached hydrogen (secondary N) is 1. The van der Waals surface area contributed by atoms with Crippen LogP contribution in [0.4, 0.5) is 23.2 Å². The van der Waals surface area contributed by atoms with Gasteiger partial charge in [0.2, 0.25) is 0 Å². The zero-order valence-corrected chi connectivity index (χ0v) is 15.8. The number of para-hydroxylation sites is 1. The van der Waals surface area contributed by atoms with Gasteiger partial charge in [-0.2, -0.15) is 13.2 Å². The maximum absolute atomic E-state index is 14.2. The number of benzene rings is 2. The van der Waals surface area contributed by atoms with Crippen molar-refractivity contribution in [3.8, 4) is 11.5 Å². The number of hydrogen-bond acceptors (Lipinski definition) is 5. The van der Waals surface area contributed by atoms with Crippen LogP contribution in [0.25, 0.3) is 0 Å². The number of rotatable bonds is 7. The minimum Gasteiger partial charge on any atom is -0.493 e. The van der Waals surface area contributed by atoms with Gasteiger partial charge in [0.15, 0.2) is 11.5 Å². The summed E-state index contributed by atoms with van der Waals surface area (Å²) >= 11 is 0.417. The Bertz CT molecular complexity index is 917. The molecule has 0 saturated carbocycles. The minimum absolute atomic E-state index is 0.00455. The first-order valence-electron chi connectivity index (χ1n) is 7.30. The van der Waals surface area contributed by atoms with E-state index in [1.54, 1.807) is 0 Å². The largest absolute Gasteiger partial charge is 0.493 e. The molecule has 0 aliphatic rings. The Kier molecular flexibility index (Phi) is 6.47. The Morgan fingerprint density at radius 1 is 1.07 bits per heavy atom. The quantitative estimate of drug-likeness (QED) is 0.529. The van der Waals surface area contributed by atoms with Gasteiger partial charge < -0.3 is 9.47 Å². The van der Waals surface area contributed by atoms with E-state index in [4.69, 9.17) is 9.47 Å². The molecule has 0 aliphatic heterocycles. The fourth-order valence-corrected chi connectivity index (χ4v) is 4.07. The maximum atomic E-state index is 14.2. The third kappa shape index (κ3) is 5.42. The molecule has 2 rings (SSSR count). The Labute approximate surface area is 157 Å². The molecule has 11 heteroatoms. The number of halogens is 4. The molecule has 0 bridgehead atoms. The van der Waals surface area contributed by atoms with Crippen LogP contribution in [0.1, 0.15) is 0 Å². The van der Waals surface area contributed by atoms with Crippen molar-refractivity contribution in [1.29, 1.82) is 0 Å². The molecule has 0 saturated heterocycles. The van der Waals surface area contributed by atoms with Gasteiger partial charge >= 0.3 is 6.18 Å². The standard InChI is InChI=1S/C16H15F4NO4S2/c1-24-12-7-10(17)15(8-13(12)25-2)27(22,23)21-11-5-3-4-6-14(11)26-9-16(18,19)20/h3-8,21H,9H2,1-2H3. The second-order valence-corrected chi connectivity index (χ2v) is 7.81. The van der Waals surface area contributed by atoms with E-state index in [9.17, 15) is 26.0 Å². The van der Waals surface area contributed by atoms with Crippen molar-refractivity contribution >= 4 is 27.5 Å². The number of thioether (sulfide) groups is 1. The molecule has 0 fully saturated rings. The highest BCUT2D eigenvalue weighted by Crippen LogP contribution is 2.35. The van der Waals surface area contributed by atoms with E-state index in [-0.39, 0.29) is 22.1 Å². The number of sulfonamides is 1. The summed E-state index contributed by atoms with van der Waals surface area (Å²) in [5.74, 6) is -2.31.